The summed E-state index contributed by atoms with van der Waals surface area (Å²) in [6, 6.07) is 24.3. The van der Waals surface area contributed by atoms with Crippen molar-refractivity contribution in [2.75, 3.05) is 5.32 Å². The summed E-state index contributed by atoms with van der Waals surface area (Å²) in [5.41, 5.74) is 1.98. The number of benzene rings is 3. The van der Waals surface area contributed by atoms with Crippen molar-refractivity contribution in [1.82, 2.24) is 0 Å². The van der Waals surface area contributed by atoms with E-state index in [2.05, 4.69) is 11.4 Å². The van der Waals surface area contributed by atoms with E-state index in [1.165, 1.54) is 0 Å². The summed E-state index contributed by atoms with van der Waals surface area (Å²) in [7, 11) is -3.96. The number of halogens is 1. The first-order chi connectivity index (χ1) is 13.5. The van der Waals surface area contributed by atoms with Gasteiger partial charge in [0.15, 0.2) is 4.75 Å². The average Bonchev–Trinajstić information content (AvgIpc) is 2.71. The van der Waals surface area contributed by atoms with Crippen molar-refractivity contribution in [1.29, 1.82) is 5.26 Å². The topological polar surface area (TPSA) is 70.0 Å². The molecular weight excluding hydrogens is 392 g/mol. The van der Waals surface area contributed by atoms with E-state index in [9.17, 15) is 13.7 Å². The van der Waals surface area contributed by atoms with E-state index in [0.717, 1.165) is 5.56 Å². The molecule has 0 fully saturated rings. The summed E-state index contributed by atoms with van der Waals surface area (Å²) in [6.07, 6.45) is 0.0707. The monoisotopic (exact) mass is 408 g/mol. The predicted molar refractivity (Wildman–Crippen MR) is 110 cm³/mol. The van der Waals surface area contributed by atoms with Crippen LogP contribution in [0.4, 0.5) is 5.69 Å². The molecule has 0 aliphatic carbocycles. The number of fused-ring (bicyclic) bond motifs is 1. The zero-order valence-electron chi connectivity index (χ0n) is 14.8. The van der Waals surface area contributed by atoms with Crippen LogP contribution in [0.2, 0.25) is 5.02 Å². The molecule has 2 unspecified atom stereocenters. The Morgan fingerprint density at radius 3 is 2.29 bits per heavy atom. The van der Waals surface area contributed by atoms with Gasteiger partial charge in [0.05, 0.1) is 22.7 Å². The third-order valence-corrected chi connectivity index (χ3v) is 7.74. The smallest absolute Gasteiger partial charge is 0.202 e. The predicted octanol–water partition coefficient (Wildman–Crippen LogP) is 4.79. The van der Waals surface area contributed by atoms with Crippen LogP contribution < -0.4 is 5.32 Å². The van der Waals surface area contributed by atoms with Crippen LogP contribution in [0.15, 0.2) is 83.8 Å². The number of hydrogen-bond donors (Lipinski definition) is 1. The van der Waals surface area contributed by atoms with Crippen LogP contribution in [0.25, 0.3) is 0 Å². The molecule has 0 bridgehead atoms. The van der Waals surface area contributed by atoms with Gasteiger partial charge in [0.2, 0.25) is 9.84 Å². The van der Waals surface area contributed by atoms with Gasteiger partial charge in [-0.05, 0) is 35.4 Å². The Labute approximate surface area is 169 Å². The molecule has 28 heavy (non-hydrogen) atoms. The molecule has 0 saturated heterocycles. The van der Waals surface area contributed by atoms with Crippen LogP contribution in [-0.4, -0.2) is 13.2 Å². The van der Waals surface area contributed by atoms with Gasteiger partial charge in [-0.2, -0.15) is 5.26 Å². The first kappa shape index (κ1) is 18.5. The van der Waals surface area contributed by atoms with Gasteiger partial charge in [0.1, 0.15) is 0 Å². The zero-order chi connectivity index (χ0) is 19.8. The highest BCUT2D eigenvalue weighted by molar-refractivity contribution is 7.93. The highest BCUT2D eigenvalue weighted by Crippen LogP contribution is 2.47. The Kier molecular flexibility index (Phi) is 4.62. The van der Waals surface area contributed by atoms with Gasteiger partial charge in [0.25, 0.3) is 0 Å². The van der Waals surface area contributed by atoms with Gasteiger partial charge >= 0.3 is 0 Å². The van der Waals surface area contributed by atoms with E-state index in [-0.39, 0.29) is 11.3 Å². The molecule has 1 N–H and O–H groups in total. The molecule has 140 valence electrons. The van der Waals surface area contributed by atoms with Crippen molar-refractivity contribution in [3.8, 4) is 6.07 Å². The molecule has 1 heterocycles. The van der Waals surface area contributed by atoms with E-state index in [1.54, 1.807) is 48.5 Å². The highest BCUT2D eigenvalue weighted by Gasteiger charge is 2.56. The number of sulfone groups is 1. The van der Waals surface area contributed by atoms with Gasteiger partial charge in [-0.1, -0.05) is 66.2 Å². The maximum absolute atomic E-state index is 13.7. The normalized spacial score (nSPS) is 22.5. The largest absolute Gasteiger partial charge is 0.374 e. The fourth-order valence-corrected chi connectivity index (χ4v) is 5.89. The number of nitrogens with zero attached hydrogens (tertiary/aromatic N) is 1. The van der Waals surface area contributed by atoms with Gasteiger partial charge in [0, 0.05) is 11.4 Å². The first-order valence-electron chi connectivity index (χ1n) is 8.79. The van der Waals surface area contributed by atoms with E-state index in [4.69, 9.17) is 11.6 Å². The van der Waals surface area contributed by atoms with Gasteiger partial charge in [-0.25, -0.2) is 8.42 Å². The standard InChI is InChI=1S/C22H17ClN2O2S/c23-18-12-10-17(11-13-18)21-22(15-24,14-16-6-2-1-3-7-16)28(26,27)20-9-5-4-8-19(20)25-21/h1-13,21,25H,14H2. The minimum atomic E-state index is -3.96. The first-order valence-corrected chi connectivity index (χ1v) is 10.6. The lowest BCUT2D eigenvalue weighted by molar-refractivity contribution is 0.509. The third-order valence-electron chi connectivity index (χ3n) is 5.12. The fourth-order valence-electron chi connectivity index (χ4n) is 3.71. The lowest BCUT2D eigenvalue weighted by Crippen LogP contribution is -2.51. The van der Waals surface area contributed by atoms with Crippen LogP contribution >= 0.6 is 11.6 Å². The van der Waals surface area contributed by atoms with Crippen molar-refractivity contribution in [2.24, 2.45) is 0 Å². The van der Waals surface area contributed by atoms with Crippen molar-refractivity contribution in [3.63, 3.8) is 0 Å². The van der Waals surface area contributed by atoms with Crippen molar-refractivity contribution in [2.45, 2.75) is 22.1 Å². The lowest BCUT2D eigenvalue weighted by atomic mass is 9.87. The SMILES string of the molecule is N#CC1(Cc2ccccc2)C(c2ccc(Cl)cc2)Nc2ccccc2S1(=O)=O. The minimum Gasteiger partial charge on any atom is -0.374 e. The molecule has 0 saturated carbocycles. The van der Waals surface area contributed by atoms with Crippen LogP contribution in [0.3, 0.4) is 0 Å². The zero-order valence-corrected chi connectivity index (χ0v) is 16.4. The summed E-state index contributed by atoms with van der Waals surface area (Å²) in [5.74, 6) is 0. The molecule has 4 nitrogen and oxygen atoms in total. The maximum Gasteiger partial charge on any atom is 0.202 e. The highest BCUT2D eigenvalue weighted by atomic mass is 35.5. The Balaban J connectivity index is 1.96. The molecule has 0 radical (unpaired) electrons. The van der Waals surface area contributed by atoms with E-state index in [0.29, 0.717) is 16.3 Å². The summed E-state index contributed by atoms with van der Waals surface area (Å²) >= 11 is 6.02. The van der Waals surface area contributed by atoms with Crippen LogP contribution in [-0.2, 0) is 16.3 Å². The summed E-state index contributed by atoms with van der Waals surface area (Å²) < 4.78 is 25.7. The average molecular weight is 409 g/mol. The molecule has 3 aromatic carbocycles. The van der Waals surface area contributed by atoms with E-state index in [1.807, 2.05) is 30.3 Å². The van der Waals surface area contributed by atoms with Gasteiger partial charge < -0.3 is 5.32 Å². The number of para-hydroxylation sites is 1. The molecule has 0 aromatic heterocycles. The molecule has 2 atom stereocenters. The Morgan fingerprint density at radius 2 is 1.61 bits per heavy atom. The number of nitrogens with one attached hydrogen (secondary N) is 1. The third kappa shape index (κ3) is 2.86. The van der Waals surface area contributed by atoms with Crippen molar-refractivity contribution < 1.29 is 8.42 Å². The molecule has 1 aliphatic rings. The number of hydrogen-bond acceptors (Lipinski definition) is 4. The van der Waals surface area contributed by atoms with Crippen molar-refractivity contribution >= 4 is 27.1 Å². The second-order valence-electron chi connectivity index (χ2n) is 6.79. The number of nitriles is 1. The number of rotatable bonds is 3. The molecule has 3 aromatic rings. The van der Waals surface area contributed by atoms with Gasteiger partial charge in [-0.3, -0.25) is 0 Å². The Morgan fingerprint density at radius 1 is 0.964 bits per heavy atom. The molecular formula is C22H17ClN2O2S. The maximum atomic E-state index is 13.7. The molecule has 0 spiro atoms. The molecule has 4 rings (SSSR count). The molecule has 0 amide bonds. The van der Waals surface area contributed by atoms with E-state index >= 15 is 0 Å². The Hall–Kier alpha value is -2.81. The second-order valence-corrected chi connectivity index (χ2v) is 9.40. The molecule has 1 aliphatic heterocycles. The summed E-state index contributed by atoms with van der Waals surface area (Å²) in [4.78, 5) is 0.151. The van der Waals surface area contributed by atoms with Crippen LogP contribution in [0, 0.1) is 11.3 Å². The Bertz CT molecular complexity index is 1160. The summed E-state index contributed by atoms with van der Waals surface area (Å²) in [5, 5.41) is 14.1. The van der Waals surface area contributed by atoms with Gasteiger partial charge in [-0.15, -0.1) is 0 Å². The van der Waals surface area contributed by atoms with Crippen molar-refractivity contribution in [3.05, 3.63) is 95.0 Å². The quantitative estimate of drug-likeness (QED) is 0.676. The second kappa shape index (κ2) is 6.97. The van der Waals surface area contributed by atoms with E-state index < -0.39 is 20.6 Å². The minimum absolute atomic E-state index is 0.0707. The summed E-state index contributed by atoms with van der Waals surface area (Å²) in [6.45, 7) is 0. The lowest BCUT2D eigenvalue weighted by Gasteiger charge is -2.40. The fraction of sp³-hybridized carbons (Fsp3) is 0.136. The van der Waals surface area contributed by atoms with Crippen LogP contribution in [0.5, 0.6) is 0 Å². The molecule has 6 heteroatoms. The number of anilines is 1. The van der Waals surface area contributed by atoms with Crippen LogP contribution in [0.1, 0.15) is 17.2 Å².